The van der Waals surface area contributed by atoms with Crippen molar-refractivity contribution in [2.75, 3.05) is 7.11 Å². The van der Waals surface area contributed by atoms with Crippen molar-refractivity contribution in [3.63, 3.8) is 0 Å². The minimum absolute atomic E-state index is 0.178. The van der Waals surface area contributed by atoms with Gasteiger partial charge in [0.1, 0.15) is 17.2 Å². The summed E-state index contributed by atoms with van der Waals surface area (Å²) in [6, 6.07) is 12.0. The molecule has 4 aliphatic rings. The highest BCUT2D eigenvalue weighted by atomic mass is 16.5. The van der Waals surface area contributed by atoms with E-state index in [1.165, 1.54) is 49.7 Å². The number of nitrogens with zero attached hydrogens (tertiary/aromatic N) is 1. The van der Waals surface area contributed by atoms with Crippen molar-refractivity contribution >= 4 is 11.9 Å². The van der Waals surface area contributed by atoms with Gasteiger partial charge in [-0.15, -0.1) is 0 Å². The van der Waals surface area contributed by atoms with Gasteiger partial charge in [-0.25, -0.2) is 0 Å². The molecule has 4 aliphatic carbocycles. The maximum absolute atomic E-state index is 11.3. The van der Waals surface area contributed by atoms with Crippen molar-refractivity contribution in [3.8, 4) is 11.5 Å². The highest BCUT2D eigenvalue weighted by Gasteiger charge is 2.52. The Hall–Kier alpha value is -2.29. The first-order valence-corrected chi connectivity index (χ1v) is 10.6. The number of aliphatic imine (C=N–C) groups is 1. The fourth-order valence-corrected chi connectivity index (χ4v) is 6.63. The van der Waals surface area contributed by atoms with Gasteiger partial charge in [-0.05, 0) is 92.4 Å². The molecule has 0 radical (unpaired) electrons. The van der Waals surface area contributed by atoms with Crippen LogP contribution in [0.25, 0.3) is 0 Å². The Labute approximate surface area is 167 Å². The Balaban J connectivity index is 1.53. The van der Waals surface area contributed by atoms with Crippen LogP contribution >= 0.6 is 0 Å². The van der Waals surface area contributed by atoms with Gasteiger partial charge in [0.15, 0.2) is 0 Å². The molecule has 2 aromatic rings. The molecule has 6 rings (SSSR count). The minimum Gasteiger partial charge on any atom is -0.507 e. The summed E-state index contributed by atoms with van der Waals surface area (Å²) in [4.78, 5) is 4.63. The summed E-state index contributed by atoms with van der Waals surface area (Å²) in [5.74, 6) is 3.75. The smallest absolute Gasteiger partial charge is 0.144 e. The largest absolute Gasteiger partial charge is 0.507 e. The van der Waals surface area contributed by atoms with Gasteiger partial charge < -0.3 is 9.84 Å². The first kappa shape index (κ1) is 17.8. The van der Waals surface area contributed by atoms with Crippen LogP contribution in [0.4, 0.5) is 5.69 Å². The Morgan fingerprint density at radius 3 is 2.32 bits per heavy atom. The number of hydrogen-bond donors (Lipinski definition) is 1. The highest BCUT2D eigenvalue weighted by Crippen LogP contribution is 2.62. The molecule has 0 unspecified atom stereocenters. The van der Waals surface area contributed by atoms with Crippen molar-refractivity contribution < 1.29 is 9.84 Å². The topological polar surface area (TPSA) is 41.8 Å². The number of methoxy groups -OCH3 is 1. The van der Waals surface area contributed by atoms with Crippen molar-refractivity contribution in [3.05, 3.63) is 53.1 Å². The molecule has 0 saturated heterocycles. The van der Waals surface area contributed by atoms with E-state index in [0.29, 0.717) is 5.75 Å². The van der Waals surface area contributed by atoms with Gasteiger partial charge in [0.25, 0.3) is 0 Å². The van der Waals surface area contributed by atoms with E-state index in [9.17, 15) is 5.11 Å². The summed E-state index contributed by atoms with van der Waals surface area (Å²) in [5.41, 5.74) is 4.15. The highest BCUT2D eigenvalue weighted by molar-refractivity contribution is 5.87. The Morgan fingerprint density at radius 2 is 1.68 bits per heavy atom. The molecule has 0 spiro atoms. The summed E-state index contributed by atoms with van der Waals surface area (Å²) in [6.45, 7) is 2.13. The Bertz CT molecular complexity index is 895. The van der Waals surface area contributed by atoms with Crippen molar-refractivity contribution in [1.82, 2.24) is 0 Å². The number of rotatable bonds is 4. The Morgan fingerprint density at radius 1 is 1.04 bits per heavy atom. The summed E-state index contributed by atoms with van der Waals surface area (Å²) >= 11 is 0. The van der Waals surface area contributed by atoms with E-state index in [2.05, 4.69) is 18.0 Å². The average molecular weight is 376 g/mol. The lowest BCUT2D eigenvalue weighted by Crippen LogP contribution is -2.48. The molecule has 1 N–H and O–H groups in total. The van der Waals surface area contributed by atoms with Gasteiger partial charge >= 0.3 is 0 Å². The van der Waals surface area contributed by atoms with E-state index in [1.54, 1.807) is 13.3 Å². The summed E-state index contributed by atoms with van der Waals surface area (Å²) in [6.07, 6.45) is 9.78. The number of phenolic OH excluding ortho intramolecular Hbond substituents is 1. The second kappa shape index (κ2) is 6.65. The molecule has 28 heavy (non-hydrogen) atoms. The molecule has 4 bridgehead atoms. The van der Waals surface area contributed by atoms with E-state index in [4.69, 9.17) is 4.74 Å². The third-order valence-corrected chi connectivity index (χ3v) is 7.32. The molecular formula is C25H29NO2. The third kappa shape index (κ3) is 2.92. The molecule has 0 aromatic heterocycles. The van der Waals surface area contributed by atoms with Crippen LogP contribution in [0.2, 0.25) is 0 Å². The SMILES string of the molecule is COc1ccccc1N=Cc1cc(C)cc(C23CC4CC(CC(C4)C2)C3)c1O. The molecule has 0 aliphatic heterocycles. The van der Waals surface area contributed by atoms with Gasteiger partial charge in [-0.2, -0.15) is 0 Å². The number of hydrogen-bond acceptors (Lipinski definition) is 3. The van der Waals surface area contributed by atoms with E-state index < -0.39 is 0 Å². The number of aryl methyl sites for hydroxylation is 1. The zero-order valence-corrected chi connectivity index (χ0v) is 16.8. The van der Waals surface area contributed by atoms with Crippen LogP contribution in [0.1, 0.15) is 55.2 Å². The first-order chi connectivity index (χ1) is 13.6. The number of aromatic hydroxyl groups is 1. The summed E-state index contributed by atoms with van der Waals surface area (Å²) in [5, 5.41) is 11.3. The third-order valence-electron chi connectivity index (χ3n) is 7.32. The predicted molar refractivity (Wildman–Crippen MR) is 113 cm³/mol. The first-order valence-electron chi connectivity index (χ1n) is 10.6. The minimum atomic E-state index is 0.178. The maximum Gasteiger partial charge on any atom is 0.144 e. The Kier molecular flexibility index (Phi) is 4.22. The second-order valence-electron chi connectivity index (χ2n) is 9.38. The quantitative estimate of drug-likeness (QED) is 0.673. The van der Waals surface area contributed by atoms with Crippen LogP contribution in [0.15, 0.2) is 41.4 Å². The van der Waals surface area contributed by atoms with Gasteiger partial charge in [0.2, 0.25) is 0 Å². The second-order valence-corrected chi connectivity index (χ2v) is 9.38. The molecule has 4 fully saturated rings. The van der Waals surface area contributed by atoms with Crippen LogP contribution in [0.5, 0.6) is 11.5 Å². The molecule has 3 nitrogen and oxygen atoms in total. The lowest BCUT2D eigenvalue weighted by Gasteiger charge is -2.57. The van der Waals surface area contributed by atoms with Crippen molar-refractivity contribution in [2.24, 2.45) is 22.7 Å². The van der Waals surface area contributed by atoms with Crippen LogP contribution in [-0.4, -0.2) is 18.4 Å². The van der Waals surface area contributed by atoms with Gasteiger partial charge in [-0.1, -0.05) is 18.2 Å². The monoisotopic (exact) mass is 375 g/mol. The van der Waals surface area contributed by atoms with E-state index >= 15 is 0 Å². The van der Waals surface area contributed by atoms with Gasteiger partial charge in [0, 0.05) is 17.3 Å². The molecule has 0 amide bonds. The molecule has 4 saturated carbocycles. The lowest BCUT2D eigenvalue weighted by molar-refractivity contribution is -0.00616. The zero-order valence-electron chi connectivity index (χ0n) is 16.8. The molecular weight excluding hydrogens is 346 g/mol. The molecule has 146 valence electrons. The molecule has 2 aromatic carbocycles. The number of benzene rings is 2. The van der Waals surface area contributed by atoms with E-state index in [1.807, 2.05) is 30.3 Å². The van der Waals surface area contributed by atoms with Gasteiger partial charge in [0.05, 0.1) is 7.11 Å². The summed E-state index contributed by atoms with van der Waals surface area (Å²) < 4.78 is 5.40. The summed E-state index contributed by atoms with van der Waals surface area (Å²) in [7, 11) is 1.66. The van der Waals surface area contributed by atoms with Gasteiger partial charge in [-0.3, -0.25) is 4.99 Å². The molecule has 0 heterocycles. The van der Waals surface area contributed by atoms with E-state index in [0.717, 1.165) is 34.8 Å². The maximum atomic E-state index is 11.3. The zero-order chi connectivity index (χ0) is 19.3. The van der Waals surface area contributed by atoms with E-state index in [-0.39, 0.29) is 5.41 Å². The van der Waals surface area contributed by atoms with Crippen molar-refractivity contribution in [2.45, 2.75) is 50.9 Å². The molecule has 0 atom stereocenters. The van der Waals surface area contributed by atoms with Crippen LogP contribution in [-0.2, 0) is 5.41 Å². The predicted octanol–water partition coefficient (Wildman–Crippen LogP) is 5.93. The fourth-order valence-electron chi connectivity index (χ4n) is 6.63. The normalized spacial score (nSPS) is 30.9. The van der Waals surface area contributed by atoms with Crippen LogP contribution in [0, 0.1) is 24.7 Å². The fraction of sp³-hybridized carbons (Fsp3) is 0.480. The van der Waals surface area contributed by atoms with Crippen molar-refractivity contribution in [1.29, 1.82) is 0 Å². The van der Waals surface area contributed by atoms with Crippen LogP contribution in [0.3, 0.4) is 0 Å². The standard InChI is InChI=1S/C25H29NO2/c1-16-7-20(15-26-22-5-3-4-6-23(22)28-2)24(27)21(8-16)25-12-17-9-18(13-25)11-19(10-17)14-25/h3-8,15,17-19,27H,9-14H2,1-2H3. The average Bonchev–Trinajstić information content (AvgIpc) is 2.67. The van der Waals surface area contributed by atoms with Crippen LogP contribution < -0.4 is 4.74 Å². The molecule has 3 heteroatoms. The number of para-hydroxylation sites is 2. The number of phenols is 1. The lowest BCUT2D eigenvalue weighted by atomic mass is 9.48. The number of ether oxygens (including phenoxy) is 1.